The summed E-state index contributed by atoms with van der Waals surface area (Å²) in [4.78, 5) is 21.2. The molecule has 0 aliphatic heterocycles. The average Bonchev–Trinajstić information content (AvgIpc) is 2.35. The lowest BCUT2D eigenvalue weighted by Gasteiger charge is -2.15. The fourth-order valence-electron chi connectivity index (χ4n) is 1.74. The summed E-state index contributed by atoms with van der Waals surface area (Å²) in [7, 11) is -2.68. The van der Waals surface area contributed by atoms with Gasteiger partial charge in [0, 0.05) is 11.5 Å². The molecule has 0 spiro atoms. The second kappa shape index (κ2) is 6.68. The minimum Gasteiger partial charge on any atom is -0.481 e. The number of rotatable bonds is 7. The van der Waals surface area contributed by atoms with E-state index in [0.717, 1.165) is 0 Å². The summed E-state index contributed by atoms with van der Waals surface area (Å²) in [6.45, 7) is 1.58. The zero-order valence-corrected chi connectivity index (χ0v) is 12.0. The van der Waals surface area contributed by atoms with Crippen molar-refractivity contribution in [2.24, 2.45) is 5.73 Å². The number of hydrogen-bond acceptors (Lipinski definition) is 4. The predicted molar refractivity (Wildman–Crippen MR) is 76.0 cm³/mol. The summed E-state index contributed by atoms with van der Waals surface area (Å²) in [6.07, 6.45) is 0.261. The third-order valence-electron chi connectivity index (χ3n) is 3.02. The van der Waals surface area contributed by atoms with E-state index in [9.17, 15) is 14.2 Å². The zero-order valence-electron chi connectivity index (χ0n) is 11.2. The van der Waals surface area contributed by atoms with E-state index in [4.69, 9.17) is 15.9 Å². The molecule has 0 radical (unpaired) electrons. The van der Waals surface area contributed by atoms with E-state index in [-0.39, 0.29) is 19.0 Å². The van der Waals surface area contributed by atoms with Gasteiger partial charge in [0.25, 0.3) is 0 Å². The van der Waals surface area contributed by atoms with Crippen LogP contribution in [-0.4, -0.2) is 41.0 Å². The third-order valence-corrected chi connectivity index (χ3v) is 5.52. The molecule has 4 N–H and O–H groups in total. The van der Waals surface area contributed by atoms with E-state index < -0.39 is 25.1 Å². The Hall–Kier alpha value is -1.65. The molecule has 1 rings (SSSR count). The van der Waals surface area contributed by atoms with Crippen molar-refractivity contribution in [3.05, 3.63) is 29.8 Å². The van der Waals surface area contributed by atoms with Crippen molar-refractivity contribution in [1.82, 2.24) is 0 Å². The van der Waals surface area contributed by atoms with Crippen molar-refractivity contribution < 1.29 is 24.4 Å². The van der Waals surface area contributed by atoms with Crippen LogP contribution in [0.15, 0.2) is 24.3 Å². The molecule has 0 bridgehead atoms. The summed E-state index contributed by atoms with van der Waals surface area (Å²) < 4.78 is 12.5. The number of carbonyl (C=O) groups is 2. The van der Waals surface area contributed by atoms with Crippen LogP contribution in [0.4, 0.5) is 0 Å². The Morgan fingerprint density at radius 2 is 1.80 bits per heavy atom. The van der Waals surface area contributed by atoms with Gasteiger partial charge in [-0.25, -0.2) is 0 Å². The van der Waals surface area contributed by atoms with E-state index in [2.05, 4.69) is 0 Å². The minimum atomic E-state index is -2.68. The van der Waals surface area contributed by atoms with Gasteiger partial charge in [-0.15, -0.1) is 0 Å². The highest BCUT2D eigenvalue weighted by Crippen LogP contribution is 2.40. The number of hydrogen-bond donors (Lipinski definition) is 3. The van der Waals surface area contributed by atoms with Gasteiger partial charge in [0.05, 0.1) is 6.42 Å². The molecule has 6 nitrogen and oxygen atoms in total. The Morgan fingerprint density at radius 3 is 2.25 bits per heavy atom. The molecular weight excluding hydrogens is 281 g/mol. The first-order valence-electron chi connectivity index (χ1n) is 6.08. The molecule has 0 saturated carbocycles. The Kier molecular flexibility index (Phi) is 5.48. The quantitative estimate of drug-likeness (QED) is 0.639. The third kappa shape index (κ3) is 4.79. The van der Waals surface area contributed by atoms with E-state index in [1.165, 1.54) is 0 Å². The van der Waals surface area contributed by atoms with Gasteiger partial charge < -0.3 is 20.5 Å². The molecule has 20 heavy (non-hydrogen) atoms. The van der Waals surface area contributed by atoms with Gasteiger partial charge in [-0.2, -0.15) is 0 Å². The standard InChI is InChI=1S/C13H18NO5P/c1-20(19,7-6-11(14)13(17)18)10-4-2-9(3-5-10)8-12(15)16/h2-5,11H,6-8,14H2,1H3,(H,15,16)(H,17,18). The van der Waals surface area contributed by atoms with Gasteiger partial charge in [-0.05, 0) is 18.6 Å². The molecule has 0 fully saturated rings. The predicted octanol–water partition coefficient (Wildman–Crippen LogP) is 0.734. The van der Waals surface area contributed by atoms with Crippen molar-refractivity contribution in [3.63, 3.8) is 0 Å². The lowest BCUT2D eigenvalue weighted by Crippen LogP contribution is -2.31. The van der Waals surface area contributed by atoms with Crippen molar-refractivity contribution in [1.29, 1.82) is 0 Å². The Labute approximate surface area is 117 Å². The maximum absolute atomic E-state index is 12.5. The second-order valence-corrected chi connectivity index (χ2v) is 7.96. The lowest BCUT2D eigenvalue weighted by atomic mass is 10.2. The van der Waals surface area contributed by atoms with E-state index in [1.54, 1.807) is 30.9 Å². The molecule has 0 amide bonds. The van der Waals surface area contributed by atoms with Crippen molar-refractivity contribution in [2.45, 2.75) is 18.9 Å². The minimum absolute atomic E-state index is 0.0851. The summed E-state index contributed by atoms with van der Waals surface area (Å²) in [5.74, 6) is -2.04. The second-order valence-electron chi connectivity index (χ2n) is 4.79. The molecule has 2 atom stereocenters. The molecule has 2 unspecified atom stereocenters. The maximum Gasteiger partial charge on any atom is 0.320 e. The number of benzene rings is 1. The van der Waals surface area contributed by atoms with Gasteiger partial charge in [0.15, 0.2) is 0 Å². The van der Waals surface area contributed by atoms with Crippen LogP contribution in [0, 0.1) is 0 Å². The van der Waals surface area contributed by atoms with E-state index in [0.29, 0.717) is 10.9 Å². The smallest absolute Gasteiger partial charge is 0.320 e. The van der Waals surface area contributed by atoms with Gasteiger partial charge in [0.1, 0.15) is 13.2 Å². The molecule has 0 aliphatic carbocycles. The van der Waals surface area contributed by atoms with Crippen molar-refractivity contribution in [2.75, 3.05) is 12.8 Å². The molecular formula is C13H18NO5P. The maximum atomic E-state index is 12.5. The topological polar surface area (TPSA) is 118 Å². The normalized spacial score (nSPS) is 15.3. The monoisotopic (exact) mass is 299 g/mol. The van der Waals surface area contributed by atoms with Crippen LogP contribution in [0.25, 0.3) is 0 Å². The molecule has 0 saturated heterocycles. The number of aliphatic carboxylic acids is 2. The van der Waals surface area contributed by atoms with E-state index in [1.807, 2.05) is 0 Å². The van der Waals surface area contributed by atoms with Gasteiger partial charge in [-0.1, -0.05) is 24.3 Å². The summed E-state index contributed by atoms with van der Waals surface area (Å²) in [5, 5.41) is 18.0. The van der Waals surface area contributed by atoms with Crippen molar-refractivity contribution >= 4 is 24.4 Å². The summed E-state index contributed by atoms with van der Waals surface area (Å²) >= 11 is 0. The average molecular weight is 299 g/mol. The number of carboxylic acids is 2. The van der Waals surface area contributed by atoms with Crippen LogP contribution < -0.4 is 11.0 Å². The SMILES string of the molecule is CP(=O)(CCC(N)C(=O)O)c1ccc(CC(=O)O)cc1. The lowest BCUT2D eigenvalue weighted by molar-refractivity contribution is -0.138. The van der Waals surface area contributed by atoms with E-state index >= 15 is 0 Å². The van der Waals surface area contributed by atoms with Crippen LogP contribution >= 0.6 is 7.14 Å². The first-order valence-corrected chi connectivity index (χ1v) is 8.42. The highest BCUT2D eigenvalue weighted by molar-refractivity contribution is 7.70. The van der Waals surface area contributed by atoms with Crippen LogP contribution in [0.3, 0.4) is 0 Å². The fraction of sp³-hybridized carbons (Fsp3) is 0.385. The molecule has 0 aromatic heterocycles. The van der Waals surface area contributed by atoms with Gasteiger partial charge in [-0.3, -0.25) is 9.59 Å². The highest BCUT2D eigenvalue weighted by atomic mass is 31.2. The van der Waals surface area contributed by atoms with Gasteiger partial charge in [0.2, 0.25) is 0 Å². The number of carboxylic acid groups (broad SMARTS) is 2. The number of nitrogens with two attached hydrogens (primary N) is 1. The Morgan fingerprint density at radius 1 is 1.25 bits per heavy atom. The van der Waals surface area contributed by atoms with Crippen LogP contribution in [0.1, 0.15) is 12.0 Å². The van der Waals surface area contributed by atoms with Crippen LogP contribution in [0.2, 0.25) is 0 Å². The summed E-state index contributed by atoms with van der Waals surface area (Å²) in [6, 6.07) is 5.49. The zero-order chi connectivity index (χ0) is 15.3. The Balaban J connectivity index is 2.74. The Bertz CT molecular complexity index is 540. The van der Waals surface area contributed by atoms with Crippen LogP contribution in [-0.2, 0) is 20.6 Å². The first kappa shape index (κ1) is 16.4. The van der Waals surface area contributed by atoms with Crippen LogP contribution in [0.5, 0.6) is 0 Å². The van der Waals surface area contributed by atoms with Gasteiger partial charge >= 0.3 is 11.9 Å². The highest BCUT2D eigenvalue weighted by Gasteiger charge is 2.21. The molecule has 0 heterocycles. The van der Waals surface area contributed by atoms with Crippen molar-refractivity contribution in [3.8, 4) is 0 Å². The fourth-order valence-corrected chi connectivity index (χ4v) is 3.55. The molecule has 1 aromatic carbocycles. The molecule has 0 aliphatic rings. The largest absolute Gasteiger partial charge is 0.481 e. The molecule has 7 heteroatoms. The molecule has 1 aromatic rings. The first-order chi connectivity index (χ1) is 9.22. The molecule has 110 valence electrons. The summed E-state index contributed by atoms with van der Waals surface area (Å²) in [5.41, 5.74) is 6.02.